The number of amides is 2. The van der Waals surface area contributed by atoms with Crippen molar-refractivity contribution in [2.75, 3.05) is 12.4 Å². The van der Waals surface area contributed by atoms with Crippen LogP contribution in [0.25, 0.3) is 0 Å². The average molecular weight is 394 g/mol. The molecule has 2 aliphatic heterocycles. The molecule has 2 aromatic rings. The van der Waals surface area contributed by atoms with E-state index in [1.807, 2.05) is 24.3 Å². The van der Waals surface area contributed by atoms with E-state index in [9.17, 15) is 4.79 Å². The maximum Gasteiger partial charge on any atom is 0.319 e. The van der Waals surface area contributed by atoms with Crippen molar-refractivity contribution in [2.45, 2.75) is 63.7 Å². The molecule has 5 nitrogen and oxygen atoms in total. The van der Waals surface area contributed by atoms with Crippen LogP contribution in [-0.4, -0.2) is 36.2 Å². The summed E-state index contributed by atoms with van der Waals surface area (Å²) in [5.41, 5.74) is 3.38. The molecule has 0 radical (unpaired) electrons. The molecule has 0 aromatic heterocycles. The average Bonchev–Trinajstić information content (AvgIpc) is 2.70. The molecular formula is C24H31N3O2. The highest BCUT2D eigenvalue weighted by atomic mass is 16.5. The predicted octanol–water partition coefficient (Wildman–Crippen LogP) is 4.71. The van der Waals surface area contributed by atoms with Gasteiger partial charge in [0.1, 0.15) is 5.75 Å². The summed E-state index contributed by atoms with van der Waals surface area (Å²) < 4.78 is 5.33. The maximum absolute atomic E-state index is 12.6. The standard InChI is InChI=1S/C24H31N3O2/c1-17-10-12-18(13-11-17)16-27-20-6-5-7-21(27)15-19(14-20)25-24(28)26-22-8-3-4-9-23(22)29-2/h3-4,8-13,19-21H,5-7,14-16H2,1-2H3,(H2,25,26,28)/t19?,20-,21+. The molecule has 2 fully saturated rings. The van der Waals surface area contributed by atoms with E-state index >= 15 is 0 Å². The van der Waals surface area contributed by atoms with Crippen LogP contribution in [0.5, 0.6) is 5.75 Å². The summed E-state index contributed by atoms with van der Waals surface area (Å²) in [4.78, 5) is 15.3. The first-order valence-corrected chi connectivity index (χ1v) is 10.6. The Kier molecular flexibility index (Phi) is 6.05. The molecule has 5 heteroatoms. The molecule has 2 N–H and O–H groups in total. The van der Waals surface area contributed by atoms with Gasteiger partial charge >= 0.3 is 6.03 Å². The second kappa shape index (κ2) is 8.87. The molecule has 0 spiro atoms. The first-order chi connectivity index (χ1) is 14.1. The number of carbonyl (C=O) groups is 1. The van der Waals surface area contributed by atoms with Gasteiger partial charge in [-0.25, -0.2) is 4.79 Å². The molecule has 154 valence electrons. The Labute approximate surface area is 173 Å². The summed E-state index contributed by atoms with van der Waals surface area (Å²) in [7, 11) is 1.61. The Morgan fingerprint density at radius 3 is 2.45 bits per heavy atom. The summed E-state index contributed by atoms with van der Waals surface area (Å²) in [6.07, 6.45) is 5.76. The molecule has 2 aliphatic rings. The number of rotatable bonds is 5. The monoisotopic (exact) mass is 393 g/mol. The lowest BCUT2D eigenvalue weighted by Crippen LogP contribution is -2.56. The van der Waals surface area contributed by atoms with Gasteiger partial charge in [-0.2, -0.15) is 0 Å². The number of nitrogens with one attached hydrogen (secondary N) is 2. The zero-order chi connectivity index (χ0) is 20.2. The number of anilines is 1. The van der Waals surface area contributed by atoms with E-state index < -0.39 is 0 Å². The summed E-state index contributed by atoms with van der Waals surface area (Å²) in [6, 6.07) is 17.5. The van der Waals surface area contributed by atoms with Crippen LogP contribution in [0.2, 0.25) is 0 Å². The first-order valence-electron chi connectivity index (χ1n) is 10.6. The fraction of sp³-hybridized carbons (Fsp3) is 0.458. The van der Waals surface area contributed by atoms with Crippen LogP contribution in [-0.2, 0) is 6.54 Å². The number of carbonyl (C=O) groups excluding carboxylic acids is 1. The van der Waals surface area contributed by atoms with Crippen LogP contribution in [0.3, 0.4) is 0 Å². The summed E-state index contributed by atoms with van der Waals surface area (Å²) in [6.45, 7) is 3.14. The number of aryl methyl sites for hydroxylation is 1. The highest BCUT2D eigenvalue weighted by molar-refractivity contribution is 5.91. The highest BCUT2D eigenvalue weighted by Crippen LogP contribution is 2.35. The van der Waals surface area contributed by atoms with Gasteiger partial charge in [0.25, 0.3) is 0 Å². The minimum Gasteiger partial charge on any atom is -0.495 e. The van der Waals surface area contributed by atoms with Gasteiger partial charge in [-0.15, -0.1) is 0 Å². The van der Waals surface area contributed by atoms with E-state index in [2.05, 4.69) is 46.7 Å². The molecule has 2 saturated heterocycles. The zero-order valence-corrected chi connectivity index (χ0v) is 17.4. The lowest BCUT2D eigenvalue weighted by Gasteiger charge is -2.49. The number of nitrogens with zero attached hydrogens (tertiary/aromatic N) is 1. The third-order valence-electron chi connectivity index (χ3n) is 6.30. The van der Waals surface area contributed by atoms with Crippen molar-refractivity contribution in [3.63, 3.8) is 0 Å². The largest absolute Gasteiger partial charge is 0.495 e. The third kappa shape index (κ3) is 4.73. The van der Waals surface area contributed by atoms with Crippen LogP contribution in [0.15, 0.2) is 48.5 Å². The van der Waals surface area contributed by atoms with Crippen molar-refractivity contribution in [2.24, 2.45) is 0 Å². The van der Waals surface area contributed by atoms with Gasteiger partial charge in [0.05, 0.1) is 12.8 Å². The minimum atomic E-state index is -0.149. The van der Waals surface area contributed by atoms with E-state index in [-0.39, 0.29) is 12.1 Å². The SMILES string of the molecule is COc1ccccc1NC(=O)NC1C[C@H]2CCC[C@@H](C1)N2Cc1ccc(C)cc1. The quantitative estimate of drug-likeness (QED) is 0.773. The number of hydrogen-bond acceptors (Lipinski definition) is 3. The minimum absolute atomic E-state index is 0.149. The Balaban J connectivity index is 1.36. The molecule has 0 saturated carbocycles. The number of urea groups is 1. The molecule has 1 unspecified atom stereocenters. The number of para-hydroxylation sites is 2. The van der Waals surface area contributed by atoms with Crippen molar-refractivity contribution in [3.05, 3.63) is 59.7 Å². The van der Waals surface area contributed by atoms with Gasteiger partial charge in [0, 0.05) is 24.7 Å². The Morgan fingerprint density at radius 2 is 1.76 bits per heavy atom. The number of piperidine rings is 2. The highest BCUT2D eigenvalue weighted by Gasteiger charge is 2.38. The zero-order valence-electron chi connectivity index (χ0n) is 17.4. The second-order valence-corrected chi connectivity index (χ2v) is 8.36. The van der Waals surface area contributed by atoms with Crippen LogP contribution in [0.4, 0.5) is 10.5 Å². The van der Waals surface area contributed by atoms with Crippen LogP contribution in [0, 0.1) is 6.92 Å². The van der Waals surface area contributed by atoms with Crippen molar-refractivity contribution in [1.29, 1.82) is 0 Å². The van der Waals surface area contributed by atoms with Gasteiger partial charge in [-0.3, -0.25) is 4.90 Å². The van der Waals surface area contributed by atoms with E-state index in [0.717, 1.165) is 19.4 Å². The first kappa shape index (κ1) is 19.8. The summed E-state index contributed by atoms with van der Waals surface area (Å²) >= 11 is 0. The molecule has 29 heavy (non-hydrogen) atoms. The number of benzene rings is 2. The number of ether oxygens (including phenoxy) is 1. The fourth-order valence-electron chi connectivity index (χ4n) is 4.85. The van der Waals surface area contributed by atoms with E-state index in [0.29, 0.717) is 23.5 Å². The Bertz CT molecular complexity index is 822. The number of methoxy groups -OCH3 is 1. The molecule has 4 rings (SSSR count). The van der Waals surface area contributed by atoms with Crippen LogP contribution < -0.4 is 15.4 Å². The third-order valence-corrected chi connectivity index (χ3v) is 6.30. The maximum atomic E-state index is 12.6. The van der Waals surface area contributed by atoms with Crippen molar-refractivity contribution in [1.82, 2.24) is 10.2 Å². The lowest BCUT2D eigenvalue weighted by molar-refractivity contribution is 0.0200. The molecule has 2 amide bonds. The second-order valence-electron chi connectivity index (χ2n) is 8.36. The van der Waals surface area contributed by atoms with Crippen LogP contribution >= 0.6 is 0 Å². The summed E-state index contributed by atoms with van der Waals surface area (Å²) in [5, 5.41) is 6.15. The predicted molar refractivity (Wildman–Crippen MR) is 116 cm³/mol. The van der Waals surface area contributed by atoms with Crippen LogP contribution in [0.1, 0.15) is 43.2 Å². The van der Waals surface area contributed by atoms with Gasteiger partial charge < -0.3 is 15.4 Å². The van der Waals surface area contributed by atoms with Gasteiger partial charge in [-0.1, -0.05) is 48.4 Å². The lowest BCUT2D eigenvalue weighted by atomic mass is 9.81. The molecular weight excluding hydrogens is 362 g/mol. The van der Waals surface area contributed by atoms with Gasteiger partial charge in [-0.05, 0) is 50.3 Å². The van der Waals surface area contributed by atoms with E-state index in [4.69, 9.17) is 4.74 Å². The molecule has 3 atom stereocenters. The molecule has 2 bridgehead atoms. The number of fused-ring (bicyclic) bond motifs is 2. The van der Waals surface area contributed by atoms with Gasteiger partial charge in [0.15, 0.2) is 0 Å². The summed E-state index contributed by atoms with van der Waals surface area (Å²) in [5.74, 6) is 0.674. The smallest absolute Gasteiger partial charge is 0.319 e. The normalized spacial score (nSPS) is 24.0. The number of hydrogen-bond donors (Lipinski definition) is 2. The van der Waals surface area contributed by atoms with E-state index in [1.54, 1.807) is 7.11 Å². The van der Waals surface area contributed by atoms with Crippen molar-refractivity contribution in [3.8, 4) is 5.75 Å². The van der Waals surface area contributed by atoms with Crippen molar-refractivity contribution >= 4 is 11.7 Å². The van der Waals surface area contributed by atoms with Crippen molar-refractivity contribution < 1.29 is 9.53 Å². The Morgan fingerprint density at radius 1 is 1.07 bits per heavy atom. The fourth-order valence-corrected chi connectivity index (χ4v) is 4.85. The molecule has 0 aliphatic carbocycles. The molecule has 2 aromatic carbocycles. The Hall–Kier alpha value is -2.53. The topological polar surface area (TPSA) is 53.6 Å². The van der Waals surface area contributed by atoms with Gasteiger partial charge in [0.2, 0.25) is 0 Å². The van der Waals surface area contributed by atoms with E-state index in [1.165, 1.54) is 30.4 Å². The molecule has 2 heterocycles.